The lowest BCUT2D eigenvalue weighted by Crippen LogP contribution is -2.26. The van der Waals surface area contributed by atoms with Crippen LogP contribution in [0.3, 0.4) is 0 Å². The minimum Gasteiger partial charge on any atom is -0.397 e. The molecule has 0 aliphatic heterocycles. The van der Waals surface area contributed by atoms with Crippen molar-refractivity contribution in [3.05, 3.63) is 23.8 Å². The van der Waals surface area contributed by atoms with Gasteiger partial charge in [0.1, 0.15) is 0 Å². The Morgan fingerprint density at radius 3 is 2.53 bits per heavy atom. The van der Waals surface area contributed by atoms with Crippen molar-refractivity contribution in [3.63, 3.8) is 0 Å². The van der Waals surface area contributed by atoms with E-state index in [0.717, 1.165) is 12.1 Å². The van der Waals surface area contributed by atoms with E-state index in [0.29, 0.717) is 12.2 Å². The number of hydrogen-bond donors (Lipinski definition) is 2. The lowest BCUT2D eigenvalue weighted by atomic mass is 10.1. The maximum atomic E-state index is 12.5. The molecule has 4 nitrogen and oxygen atoms in total. The molecule has 19 heavy (non-hydrogen) atoms. The average molecular weight is 275 g/mol. The summed E-state index contributed by atoms with van der Waals surface area (Å²) in [7, 11) is 3.19. The zero-order valence-electron chi connectivity index (χ0n) is 10.7. The number of hydrogen-bond acceptors (Lipinski definition) is 3. The summed E-state index contributed by atoms with van der Waals surface area (Å²) in [5, 5.41) is 2.47. The lowest BCUT2D eigenvalue weighted by molar-refractivity contribution is -0.137. The number of amides is 1. The van der Waals surface area contributed by atoms with E-state index in [1.54, 1.807) is 11.9 Å². The SMILES string of the molecule is CNC(=O)CCN(C)c1ccc(C(F)(F)F)cc1N. The van der Waals surface area contributed by atoms with E-state index in [2.05, 4.69) is 5.32 Å². The van der Waals surface area contributed by atoms with E-state index in [4.69, 9.17) is 5.73 Å². The Labute approximate surface area is 109 Å². The largest absolute Gasteiger partial charge is 0.416 e. The molecular weight excluding hydrogens is 259 g/mol. The Balaban J connectivity index is 2.82. The topological polar surface area (TPSA) is 58.4 Å². The molecule has 1 aromatic rings. The van der Waals surface area contributed by atoms with Crippen LogP contribution in [0.15, 0.2) is 18.2 Å². The van der Waals surface area contributed by atoms with E-state index in [9.17, 15) is 18.0 Å². The monoisotopic (exact) mass is 275 g/mol. The smallest absolute Gasteiger partial charge is 0.397 e. The zero-order chi connectivity index (χ0) is 14.6. The number of alkyl halides is 3. The first-order valence-corrected chi connectivity index (χ1v) is 5.64. The minimum absolute atomic E-state index is 0.0363. The third-order valence-electron chi connectivity index (χ3n) is 2.72. The molecule has 0 aromatic heterocycles. The van der Waals surface area contributed by atoms with Crippen LogP contribution < -0.4 is 16.0 Å². The summed E-state index contributed by atoms with van der Waals surface area (Å²) in [4.78, 5) is 12.7. The van der Waals surface area contributed by atoms with E-state index in [-0.39, 0.29) is 18.0 Å². The van der Waals surface area contributed by atoms with Crippen LogP contribution in [0.2, 0.25) is 0 Å². The molecule has 1 amide bonds. The molecule has 106 valence electrons. The Morgan fingerprint density at radius 1 is 1.42 bits per heavy atom. The van der Waals surface area contributed by atoms with E-state index < -0.39 is 11.7 Å². The fourth-order valence-electron chi connectivity index (χ4n) is 1.59. The molecular formula is C12H16F3N3O. The van der Waals surface area contributed by atoms with Crippen LogP contribution in [0, 0.1) is 0 Å². The molecule has 1 aromatic carbocycles. The van der Waals surface area contributed by atoms with Gasteiger partial charge in [-0.05, 0) is 18.2 Å². The van der Waals surface area contributed by atoms with Gasteiger partial charge in [-0.3, -0.25) is 4.79 Å². The van der Waals surface area contributed by atoms with Crippen LogP contribution >= 0.6 is 0 Å². The quantitative estimate of drug-likeness (QED) is 0.825. The van der Waals surface area contributed by atoms with Gasteiger partial charge in [-0.1, -0.05) is 0 Å². The van der Waals surface area contributed by atoms with Crippen molar-refractivity contribution in [2.24, 2.45) is 0 Å². The summed E-state index contributed by atoms with van der Waals surface area (Å²) in [6, 6.07) is 3.18. The predicted octanol–water partition coefficient (Wildman–Crippen LogP) is 1.86. The Hall–Kier alpha value is -1.92. The number of nitrogen functional groups attached to an aromatic ring is 1. The van der Waals surface area contributed by atoms with Gasteiger partial charge >= 0.3 is 6.18 Å². The Bertz CT molecular complexity index is 460. The molecule has 0 aliphatic rings. The van der Waals surface area contributed by atoms with Gasteiger partial charge in [0.05, 0.1) is 16.9 Å². The number of carbonyl (C=O) groups is 1. The first-order chi connectivity index (χ1) is 8.75. The highest BCUT2D eigenvalue weighted by Crippen LogP contribution is 2.33. The summed E-state index contributed by atoms with van der Waals surface area (Å²) in [5.41, 5.74) is 5.34. The van der Waals surface area contributed by atoms with Crippen molar-refractivity contribution in [2.45, 2.75) is 12.6 Å². The molecule has 0 heterocycles. The predicted molar refractivity (Wildman–Crippen MR) is 67.8 cm³/mol. The maximum absolute atomic E-state index is 12.5. The number of nitrogens with two attached hydrogens (primary N) is 1. The second-order valence-corrected chi connectivity index (χ2v) is 4.12. The van der Waals surface area contributed by atoms with Crippen LogP contribution in [0.5, 0.6) is 0 Å². The van der Waals surface area contributed by atoms with Crippen LogP contribution in [0.1, 0.15) is 12.0 Å². The van der Waals surface area contributed by atoms with Crippen LogP contribution in [-0.2, 0) is 11.0 Å². The standard InChI is InChI=1S/C12H16F3N3O/c1-17-11(19)5-6-18(2)10-4-3-8(7-9(10)16)12(13,14)15/h3-4,7H,5-6,16H2,1-2H3,(H,17,19). The maximum Gasteiger partial charge on any atom is 0.416 e. The molecule has 7 heteroatoms. The lowest BCUT2D eigenvalue weighted by Gasteiger charge is -2.21. The second-order valence-electron chi connectivity index (χ2n) is 4.12. The number of nitrogens with one attached hydrogen (secondary N) is 1. The highest BCUT2D eigenvalue weighted by Gasteiger charge is 2.30. The number of halogens is 3. The van der Waals surface area contributed by atoms with Gasteiger partial charge in [0, 0.05) is 27.1 Å². The zero-order valence-corrected chi connectivity index (χ0v) is 10.7. The van der Waals surface area contributed by atoms with Crippen molar-refractivity contribution in [3.8, 4) is 0 Å². The van der Waals surface area contributed by atoms with Gasteiger partial charge < -0.3 is 16.0 Å². The van der Waals surface area contributed by atoms with Crippen molar-refractivity contribution in [1.29, 1.82) is 0 Å². The van der Waals surface area contributed by atoms with Gasteiger partial charge in [-0.2, -0.15) is 13.2 Å². The highest BCUT2D eigenvalue weighted by molar-refractivity contribution is 5.76. The van der Waals surface area contributed by atoms with Gasteiger partial charge in [-0.25, -0.2) is 0 Å². The molecule has 0 fully saturated rings. The molecule has 0 saturated heterocycles. The van der Waals surface area contributed by atoms with Crippen LogP contribution in [0.25, 0.3) is 0 Å². The third-order valence-corrected chi connectivity index (χ3v) is 2.72. The van der Waals surface area contributed by atoms with Gasteiger partial charge in [0.2, 0.25) is 5.91 Å². The first-order valence-electron chi connectivity index (χ1n) is 5.64. The molecule has 0 bridgehead atoms. The Morgan fingerprint density at radius 2 is 2.05 bits per heavy atom. The fourth-order valence-corrected chi connectivity index (χ4v) is 1.59. The van der Waals surface area contributed by atoms with Crippen molar-refractivity contribution in [2.75, 3.05) is 31.3 Å². The molecule has 1 rings (SSSR count). The summed E-state index contributed by atoms with van der Waals surface area (Å²) < 4.78 is 37.4. The second kappa shape index (κ2) is 5.81. The Kier molecular flexibility index (Phi) is 4.63. The third kappa shape index (κ3) is 4.04. The first kappa shape index (κ1) is 15.1. The van der Waals surface area contributed by atoms with Crippen molar-refractivity contribution in [1.82, 2.24) is 5.32 Å². The van der Waals surface area contributed by atoms with Crippen LogP contribution in [0.4, 0.5) is 24.5 Å². The average Bonchev–Trinajstić information content (AvgIpc) is 2.34. The van der Waals surface area contributed by atoms with Crippen molar-refractivity contribution < 1.29 is 18.0 Å². The fraction of sp³-hybridized carbons (Fsp3) is 0.417. The number of benzene rings is 1. The summed E-state index contributed by atoms with van der Waals surface area (Å²) in [5.74, 6) is -0.141. The van der Waals surface area contributed by atoms with E-state index in [1.807, 2.05) is 0 Å². The summed E-state index contributed by atoms with van der Waals surface area (Å²) in [6.07, 6.45) is -4.17. The minimum atomic E-state index is -4.41. The number of anilines is 2. The normalized spacial score (nSPS) is 11.2. The van der Waals surface area contributed by atoms with Gasteiger partial charge in [0.15, 0.2) is 0 Å². The molecule has 0 radical (unpaired) electrons. The van der Waals surface area contributed by atoms with Crippen molar-refractivity contribution >= 4 is 17.3 Å². The molecule has 0 atom stereocenters. The van der Waals surface area contributed by atoms with Gasteiger partial charge in [0.25, 0.3) is 0 Å². The summed E-state index contributed by atoms with van der Waals surface area (Å²) in [6.45, 7) is 0.370. The summed E-state index contributed by atoms with van der Waals surface area (Å²) >= 11 is 0. The van der Waals surface area contributed by atoms with Gasteiger partial charge in [-0.15, -0.1) is 0 Å². The van der Waals surface area contributed by atoms with E-state index >= 15 is 0 Å². The number of carbonyl (C=O) groups excluding carboxylic acids is 1. The van der Waals surface area contributed by atoms with E-state index in [1.165, 1.54) is 13.1 Å². The van der Waals surface area contributed by atoms with Crippen LogP contribution in [-0.4, -0.2) is 26.5 Å². The molecule has 0 saturated carbocycles. The molecule has 3 N–H and O–H groups in total. The number of rotatable bonds is 4. The molecule has 0 spiro atoms. The molecule has 0 aliphatic carbocycles. The highest BCUT2D eigenvalue weighted by atomic mass is 19.4. The number of nitrogens with zero attached hydrogens (tertiary/aromatic N) is 1. The molecule has 0 unspecified atom stereocenters.